The predicted octanol–water partition coefficient (Wildman–Crippen LogP) is 2.39. The molecule has 0 fully saturated rings. The Balaban J connectivity index is 1.63. The summed E-state index contributed by atoms with van der Waals surface area (Å²) < 4.78 is 39.1. The molecule has 10 heteroatoms. The van der Waals surface area contributed by atoms with Crippen LogP contribution in [0, 0.1) is 0 Å². The molecule has 3 aromatic rings. The predicted molar refractivity (Wildman–Crippen MR) is 89.4 cm³/mol. The highest BCUT2D eigenvalue weighted by Crippen LogP contribution is 2.25. The number of aliphatic hydroxyl groups is 1. The first-order valence-electron chi connectivity index (χ1n) is 7.91. The van der Waals surface area contributed by atoms with Gasteiger partial charge in [-0.25, -0.2) is 4.98 Å². The number of pyridine rings is 1. The van der Waals surface area contributed by atoms with Gasteiger partial charge in [-0.3, -0.25) is 0 Å². The minimum atomic E-state index is -2.91. The molecule has 0 amide bonds. The van der Waals surface area contributed by atoms with Crippen LogP contribution < -0.4 is 15.2 Å². The maximum atomic E-state index is 12.1. The first-order valence-corrected chi connectivity index (χ1v) is 7.91. The van der Waals surface area contributed by atoms with Gasteiger partial charge in [-0.05, 0) is 30.3 Å². The number of nitrogens with zero attached hydrogens (tertiary/aromatic N) is 3. The molecule has 8 nitrogen and oxygen atoms in total. The van der Waals surface area contributed by atoms with E-state index >= 15 is 0 Å². The summed E-state index contributed by atoms with van der Waals surface area (Å²) in [5, 5.41) is 12.8. The lowest BCUT2D eigenvalue weighted by Crippen LogP contribution is -2.26. The van der Waals surface area contributed by atoms with E-state index in [2.05, 4.69) is 19.9 Å². The maximum absolute atomic E-state index is 12.1. The van der Waals surface area contributed by atoms with Crippen molar-refractivity contribution < 1.29 is 27.9 Å². The lowest BCUT2D eigenvalue weighted by Gasteiger charge is -2.07. The number of hydrogen-bond acceptors (Lipinski definition) is 8. The average Bonchev–Trinajstić information content (AvgIpc) is 3.12. The monoisotopic (exact) mass is 378 g/mol. The van der Waals surface area contributed by atoms with E-state index in [-0.39, 0.29) is 24.7 Å². The fourth-order valence-corrected chi connectivity index (χ4v) is 2.14. The maximum Gasteiger partial charge on any atom is 0.387 e. The van der Waals surface area contributed by atoms with Crippen molar-refractivity contribution in [3.8, 4) is 28.8 Å². The summed E-state index contributed by atoms with van der Waals surface area (Å²) in [4.78, 5) is 8.11. The SMILES string of the molecule is N[C@H](CO)Cc1nc(-c2ccc(Oc3ccc(OC(F)F)cn3)cc2)no1. The number of benzene rings is 1. The van der Waals surface area contributed by atoms with Crippen LogP contribution in [0.2, 0.25) is 0 Å². The molecule has 0 saturated heterocycles. The van der Waals surface area contributed by atoms with Crippen LogP contribution in [-0.2, 0) is 6.42 Å². The van der Waals surface area contributed by atoms with E-state index in [1.165, 1.54) is 12.1 Å². The van der Waals surface area contributed by atoms with Crippen molar-refractivity contribution in [3.63, 3.8) is 0 Å². The Bertz CT molecular complexity index is 856. The van der Waals surface area contributed by atoms with Crippen molar-refractivity contribution in [3.05, 3.63) is 48.5 Å². The molecule has 2 aromatic heterocycles. The van der Waals surface area contributed by atoms with Gasteiger partial charge in [0, 0.05) is 24.1 Å². The summed E-state index contributed by atoms with van der Waals surface area (Å²) in [5.41, 5.74) is 6.33. The molecular weight excluding hydrogens is 362 g/mol. The second-order valence-corrected chi connectivity index (χ2v) is 5.50. The van der Waals surface area contributed by atoms with Gasteiger partial charge < -0.3 is 24.8 Å². The molecule has 3 rings (SSSR count). The van der Waals surface area contributed by atoms with Gasteiger partial charge in [0.25, 0.3) is 0 Å². The van der Waals surface area contributed by atoms with Gasteiger partial charge >= 0.3 is 6.61 Å². The molecule has 2 heterocycles. The second-order valence-electron chi connectivity index (χ2n) is 5.50. The van der Waals surface area contributed by atoms with Gasteiger partial charge in [0.2, 0.25) is 17.6 Å². The fraction of sp³-hybridized carbons (Fsp3) is 0.235. The van der Waals surface area contributed by atoms with Crippen LogP contribution in [-0.4, -0.2) is 39.5 Å². The summed E-state index contributed by atoms with van der Waals surface area (Å²) in [5.74, 6) is 1.38. The van der Waals surface area contributed by atoms with E-state index in [0.29, 0.717) is 23.0 Å². The number of hydrogen-bond donors (Lipinski definition) is 2. The molecule has 0 radical (unpaired) electrons. The summed E-state index contributed by atoms with van der Waals surface area (Å²) in [6, 6.07) is 9.10. The summed E-state index contributed by atoms with van der Waals surface area (Å²) in [7, 11) is 0. The van der Waals surface area contributed by atoms with Crippen molar-refractivity contribution in [1.82, 2.24) is 15.1 Å². The summed E-state index contributed by atoms with van der Waals surface area (Å²) in [6.45, 7) is -3.08. The Morgan fingerprint density at radius 1 is 1.11 bits per heavy atom. The normalized spacial score (nSPS) is 12.2. The van der Waals surface area contributed by atoms with Gasteiger partial charge in [0.15, 0.2) is 0 Å². The molecule has 1 atom stereocenters. The number of ether oxygens (including phenoxy) is 2. The summed E-state index contributed by atoms with van der Waals surface area (Å²) >= 11 is 0. The molecule has 0 aliphatic carbocycles. The number of halogens is 2. The van der Waals surface area contributed by atoms with Gasteiger partial charge in [0.05, 0.1) is 12.8 Å². The Hall–Kier alpha value is -3.11. The Kier molecular flexibility index (Phi) is 5.89. The topological polar surface area (TPSA) is 117 Å². The molecular formula is C17H16F2N4O4. The van der Waals surface area contributed by atoms with Gasteiger partial charge in [-0.2, -0.15) is 13.8 Å². The third-order valence-corrected chi connectivity index (χ3v) is 3.41. The number of aromatic nitrogens is 3. The molecule has 0 saturated carbocycles. The highest BCUT2D eigenvalue weighted by molar-refractivity contribution is 5.55. The Morgan fingerprint density at radius 2 is 1.85 bits per heavy atom. The van der Waals surface area contributed by atoms with Gasteiger partial charge in [0.1, 0.15) is 11.5 Å². The zero-order chi connectivity index (χ0) is 19.2. The van der Waals surface area contributed by atoms with Crippen molar-refractivity contribution in [2.75, 3.05) is 6.61 Å². The van der Waals surface area contributed by atoms with Crippen LogP contribution in [0.15, 0.2) is 47.1 Å². The molecule has 0 unspecified atom stereocenters. The number of rotatable bonds is 8. The van der Waals surface area contributed by atoms with E-state index in [1.54, 1.807) is 24.3 Å². The van der Waals surface area contributed by atoms with Crippen LogP contribution in [0.4, 0.5) is 8.78 Å². The Labute approximate surface area is 152 Å². The quantitative estimate of drug-likeness (QED) is 0.614. The highest BCUT2D eigenvalue weighted by Gasteiger charge is 2.12. The van der Waals surface area contributed by atoms with Crippen LogP contribution >= 0.6 is 0 Å². The number of nitrogens with two attached hydrogens (primary N) is 1. The molecule has 0 bridgehead atoms. The van der Waals surface area contributed by atoms with Crippen LogP contribution in [0.5, 0.6) is 17.4 Å². The molecule has 142 valence electrons. The van der Waals surface area contributed by atoms with Gasteiger partial charge in [-0.15, -0.1) is 0 Å². The molecule has 0 aliphatic rings. The second kappa shape index (κ2) is 8.52. The zero-order valence-corrected chi connectivity index (χ0v) is 14.0. The van der Waals surface area contributed by atoms with Gasteiger partial charge in [-0.1, -0.05) is 5.16 Å². The lowest BCUT2D eigenvalue weighted by atomic mass is 10.2. The van der Waals surface area contributed by atoms with Crippen molar-refractivity contribution in [2.45, 2.75) is 19.1 Å². The fourth-order valence-electron chi connectivity index (χ4n) is 2.14. The molecule has 27 heavy (non-hydrogen) atoms. The van der Waals surface area contributed by atoms with E-state index in [0.717, 1.165) is 6.20 Å². The molecule has 1 aromatic carbocycles. The Morgan fingerprint density at radius 3 is 2.48 bits per heavy atom. The van der Waals surface area contributed by atoms with Crippen molar-refractivity contribution in [2.24, 2.45) is 5.73 Å². The molecule has 0 aliphatic heterocycles. The van der Waals surface area contributed by atoms with E-state index in [4.69, 9.17) is 20.1 Å². The van der Waals surface area contributed by atoms with Crippen LogP contribution in [0.3, 0.4) is 0 Å². The van der Waals surface area contributed by atoms with Crippen LogP contribution in [0.25, 0.3) is 11.4 Å². The zero-order valence-electron chi connectivity index (χ0n) is 14.0. The summed E-state index contributed by atoms with van der Waals surface area (Å²) in [6.07, 6.45) is 1.43. The van der Waals surface area contributed by atoms with E-state index in [1.807, 2.05) is 0 Å². The highest BCUT2D eigenvalue weighted by atomic mass is 19.3. The average molecular weight is 378 g/mol. The van der Waals surface area contributed by atoms with Crippen LogP contribution in [0.1, 0.15) is 5.89 Å². The third-order valence-electron chi connectivity index (χ3n) is 3.41. The third kappa shape index (κ3) is 5.19. The lowest BCUT2D eigenvalue weighted by molar-refractivity contribution is -0.0501. The minimum absolute atomic E-state index is 0.0541. The largest absolute Gasteiger partial charge is 0.439 e. The van der Waals surface area contributed by atoms with E-state index < -0.39 is 12.7 Å². The standard InChI is InChI=1S/C17H16F2N4O4/c18-17(19)26-13-5-6-14(21-8-13)25-12-3-1-10(2-4-12)16-22-15(27-23-16)7-11(20)9-24/h1-6,8,11,17,24H,7,9,20H2/t11-/m0/s1. The van der Waals surface area contributed by atoms with Crippen molar-refractivity contribution >= 4 is 0 Å². The minimum Gasteiger partial charge on any atom is -0.439 e. The smallest absolute Gasteiger partial charge is 0.387 e. The molecule has 0 spiro atoms. The number of alkyl halides is 2. The first kappa shape index (κ1) is 18.7. The van der Waals surface area contributed by atoms with E-state index in [9.17, 15) is 8.78 Å². The molecule has 3 N–H and O–H groups in total. The first-order chi connectivity index (χ1) is 13.0. The van der Waals surface area contributed by atoms with Crippen molar-refractivity contribution in [1.29, 1.82) is 0 Å². The number of aliphatic hydroxyl groups excluding tert-OH is 1.